The smallest absolute Gasteiger partial charge is 0.133 e. The van der Waals surface area contributed by atoms with Crippen LogP contribution in [0.5, 0.6) is 0 Å². The molecule has 0 aliphatic heterocycles. The molecular formula is C14H26N2O2. The Labute approximate surface area is 111 Å². The summed E-state index contributed by atoms with van der Waals surface area (Å²) < 4.78 is 11.0. The Hall–Kier alpha value is -0.630. The van der Waals surface area contributed by atoms with Gasteiger partial charge in [-0.2, -0.15) is 5.26 Å². The lowest BCUT2D eigenvalue weighted by atomic mass is 9.96. The van der Waals surface area contributed by atoms with Crippen LogP contribution in [-0.4, -0.2) is 38.0 Å². The molecule has 0 amide bonds. The van der Waals surface area contributed by atoms with E-state index in [1.54, 1.807) is 0 Å². The average Bonchev–Trinajstić information content (AvgIpc) is 3.17. The minimum Gasteiger partial charge on any atom is -0.376 e. The van der Waals surface area contributed by atoms with Gasteiger partial charge in [0.1, 0.15) is 5.54 Å². The number of rotatable bonds is 10. The van der Waals surface area contributed by atoms with Crippen LogP contribution < -0.4 is 5.32 Å². The number of ether oxygens (including phenoxy) is 2. The molecular weight excluding hydrogens is 228 g/mol. The van der Waals surface area contributed by atoms with Crippen molar-refractivity contribution in [3.63, 3.8) is 0 Å². The van der Waals surface area contributed by atoms with E-state index < -0.39 is 5.54 Å². The van der Waals surface area contributed by atoms with Gasteiger partial charge in [-0.05, 0) is 45.6 Å². The fraction of sp³-hybridized carbons (Fsp3) is 0.929. The Kier molecular flexibility index (Phi) is 6.62. The molecule has 0 radical (unpaired) electrons. The Balaban J connectivity index is 2.30. The second-order valence-electron chi connectivity index (χ2n) is 5.26. The van der Waals surface area contributed by atoms with Crippen LogP contribution in [0.15, 0.2) is 0 Å². The summed E-state index contributed by atoms with van der Waals surface area (Å²) in [5, 5.41) is 12.8. The highest BCUT2D eigenvalue weighted by molar-refractivity contribution is 5.15. The third-order valence-electron chi connectivity index (χ3n) is 3.17. The first-order valence-electron chi connectivity index (χ1n) is 7.00. The van der Waals surface area contributed by atoms with Gasteiger partial charge in [0, 0.05) is 0 Å². The van der Waals surface area contributed by atoms with E-state index in [-0.39, 0.29) is 6.10 Å². The predicted molar refractivity (Wildman–Crippen MR) is 71.3 cm³/mol. The van der Waals surface area contributed by atoms with Crippen LogP contribution in [-0.2, 0) is 9.47 Å². The predicted octanol–water partition coefficient (Wildman–Crippen LogP) is 2.10. The molecule has 1 aliphatic rings. The molecule has 0 heterocycles. The monoisotopic (exact) mass is 254 g/mol. The van der Waals surface area contributed by atoms with Gasteiger partial charge in [-0.1, -0.05) is 6.92 Å². The number of hydrogen-bond acceptors (Lipinski definition) is 4. The summed E-state index contributed by atoms with van der Waals surface area (Å²) in [7, 11) is 0. The zero-order valence-electron chi connectivity index (χ0n) is 11.9. The second kappa shape index (κ2) is 7.73. The first kappa shape index (κ1) is 15.4. The molecule has 0 aromatic heterocycles. The van der Waals surface area contributed by atoms with Gasteiger partial charge < -0.3 is 9.47 Å². The van der Waals surface area contributed by atoms with E-state index in [9.17, 15) is 5.26 Å². The van der Waals surface area contributed by atoms with Gasteiger partial charge in [0.2, 0.25) is 0 Å². The fourth-order valence-corrected chi connectivity index (χ4v) is 1.98. The van der Waals surface area contributed by atoms with E-state index in [4.69, 9.17) is 9.47 Å². The van der Waals surface area contributed by atoms with Crippen LogP contribution in [0.2, 0.25) is 0 Å². The average molecular weight is 254 g/mol. The summed E-state index contributed by atoms with van der Waals surface area (Å²) in [4.78, 5) is 0. The molecule has 0 aromatic rings. The number of nitriles is 1. The lowest BCUT2D eigenvalue weighted by Crippen LogP contribution is -2.50. The molecule has 1 fully saturated rings. The Morgan fingerprint density at radius 2 is 2.11 bits per heavy atom. The zero-order valence-corrected chi connectivity index (χ0v) is 11.9. The summed E-state index contributed by atoms with van der Waals surface area (Å²) in [6.07, 6.45) is 3.54. The molecule has 0 bridgehead atoms. The highest BCUT2D eigenvalue weighted by Gasteiger charge is 2.45. The summed E-state index contributed by atoms with van der Waals surface area (Å²) >= 11 is 0. The zero-order chi connectivity index (χ0) is 13.4. The van der Waals surface area contributed by atoms with Crippen molar-refractivity contribution in [2.45, 2.75) is 51.7 Å². The molecule has 1 rings (SSSR count). The van der Waals surface area contributed by atoms with Crippen molar-refractivity contribution in [1.29, 1.82) is 5.26 Å². The van der Waals surface area contributed by atoms with Crippen molar-refractivity contribution in [1.82, 2.24) is 5.32 Å². The number of nitrogens with one attached hydrogen (secondary N) is 1. The highest BCUT2D eigenvalue weighted by Crippen LogP contribution is 2.39. The van der Waals surface area contributed by atoms with Gasteiger partial charge in [0.25, 0.3) is 0 Å². The molecule has 4 nitrogen and oxygen atoms in total. The van der Waals surface area contributed by atoms with Crippen molar-refractivity contribution in [3.05, 3.63) is 0 Å². The van der Waals surface area contributed by atoms with Crippen molar-refractivity contribution in [2.24, 2.45) is 5.92 Å². The van der Waals surface area contributed by atoms with Gasteiger partial charge >= 0.3 is 0 Å². The van der Waals surface area contributed by atoms with E-state index in [1.807, 2.05) is 13.8 Å². The third kappa shape index (κ3) is 4.93. The number of nitrogens with zero attached hydrogens (tertiary/aromatic N) is 1. The van der Waals surface area contributed by atoms with E-state index in [0.717, 1.165) is 25.8 Å². The first-order valence-corrected chi connectivity index (χ1v) is 7.00. The van der Waals surface area contributed by atoms with E-state index in [2.05, 4.69) is 18.3 Å². The van der Waals surface area contributed by atoms with Gasteiger partial charge in [-0.25, -0.2) is 0 Å². The Bertz CT molecular complexity index is 271. The normalized spacial score (nSPS) is 18.6. The summed E-state index contributed by atoms with van der Waals surface area (Å²) in [6.45, 7) is 8.61. The van der Waals surface area contributed by atoms with Crippen molar-refractivity contribution in [3.8, 4) is 6.07 Å². The molecule has 1 atom stereocenters. The topological polar surface area (TPSA) is 54.3 Å². The second-order valence-corrected chi connectivity index (χ2v) is 5.26. The molecule has 18 heavy (non-hydrogen) atoms. The van der Waals surface area contributed by atoms with Crippen molar-refractivity contribution in [2.75, 3.05) is 26.4 Å². The molecule has 104 valence electrons. The Morgan fingerprint density at radius 3 is 2.61 bits per heavy atom. The SMILES string of the molecule is CCCNC(C#N)(COCCOC(C)C)C1CC1. The molecule has 1 unspecified atom stereocenters. The van der Waals surface area contributed by atoms with Crippen LogP contribution >= 0.6 is 0 Å². The van der Waals surface area contributed by atoms with Crippen LogP contribution in [0.25, 0.3) is 0 Å². The molecule has 4 heteroatoms. The van der Waals surface area contributed by atoms with Gasteiger partial charge in [0.15, 0.2) is 0 Å². The first-order chi connectivity index (χ1) is 8.64. The molecule has 1 N–H and O–H groups in total. The lowest BCUT2D eigenvalue weighted by molar-refractivity contribution is 0.00465. The molecule has 1 saturated carbocycles. The van der Waals surface area contributed by atoms with Gasteiger partial charge in [0.05, 0.1) is 32.0 Å². The van der Waals surface area contributed by atoms with Gasteiger partial charge in [-0.15, -0.1) is 0 Å². The van der Waals surface area contributed by atoms with E-state index >= 15 is 0 Å². The number of hydrogen-bond donors (Lipinski definition) is 1. The largest absolute Gasteiger partial charge is 0.376 e. The summed E-state index contributed by atoms with van der Waals surface area (Å²) in [5.74, 6) is 0.458. The van der Waals surface area contributed by atoms with Crippen LogP contribution in [0.3, 0.4) is 0 Å². The lowest BCUT2D eigenvalue weighted by Gasteiger charge is -2.27. The summed E-state index contributed by atoms with van der Waals surface area (Å²) in [6, 6.07) is 2.44. The molecule has 0 spiro atoms. The van der Waals surface area contributed by atoms with E-state index in [1.165, 1.54) is 0 Å². The fourth-order valence-electron chi connectivity index (χ4n) is 1.98. The van der Waals surface area contributed by atoms with Crippen LogP contribution in [0.1, 0.15) is 40.0 Å². The van der Waals surface area contributed by atoms with Crippen molar-refractivity contribution < 1.29 is 9.47 Å². The highest BCUT2D eigenvalue weighted by atomic mass is 16.5. The molecule has 0 aromatic carbocycles. The minimum atomic E-state index is -0.478. The van der Waals surface area contributed by atoms with Crippen LogP contribution in [0.4, 0.5) is 0 Å². The van der Waals surface area contributed by atoms with Crippen molar-refractivity contribution >= 4 is 0 Å². The maximum absolute atomic E-state index is 9.43. The molecule has 1 aliphatic carbocycles. The molecule has 0 saturated heterocycles. The van der Waals surface area contributed by atoms with Crippen LogP contribution in [0, 0.1) is 17.2 Å². The van der Waals surface area contributed by atoms with E-state index in [0.29, 0.717) is 25.7 Å². The quantitative estimate of drug-likeness (QED) is 0.607. The Morgan fingerprint density at radius 1 is 1.39 bits per heavy atom. The third-order valence-corrected chi connectivity index (χ3v) is 3.17. The maximum atomic E-state index is 9.43. The van der Waals surface area contributed by atoms with Gasteiger partial charge in [-0.3, -0.25) is 5.32 Å². The minimum absolute atomic E-state index is 0.232. The maximum Gasteiger partial charge on any atom is 0.133 e. The summed E-state index contributed by atoms with van der Waals surface area (Å²) in [5.41, 5.74) is -0.478. The standard InChI is InChI=1S/C14H26N2O2/c1-4-7-16-14(10-15,13-5-6-13)11-17-8-9-18-12(2)3/h12-13,16H,4-9,11H2,1-3H3.